The summed E-state index contributed by atoms with van der Waals surface area (Å²) in [5.41, 5.74) is 0. The van der Waals surface area contributed by atoms with Gasteiger partial charge in [0.2, 0.25) is 0 Å². The Morgan fingerprint density at radius 1 is 0.621 bits per heavy atom. The number of rotatable bonds is 14. The summed E-state index contributed by atoms with van der Waals surface area (Å²) in [5.74, 6) is 0. The molecule has 0 aliphatic carbocycles. The number of fused-ring (bicyclic) bond motifs is 3. The number of unbranched alkanes of at least 4 members (excludes halogenated alkanes) is 10. The molecule has 2 aromatic heterocycles. The molecule has 1 aliphatic heterocycles. The molecule has 0 unspecified atom stereocenters. The molecular weight excluding hydrogens is 634 g/mol. The molecular formula is C24H36Br2Se2Si. The summed E-state index contributed by atoms with van der Waals surface area (Å²) in [7, 11) is -1.54. The van der Waals surface area contributed by atoms with Crippen molar-refractivity contribution in [2.45, 2.75) is 103 Å². The van der Waals surface area contributed by atoms with Gasteiger partial charge in [0.1, 0.15) is 0 Å². The maximum absolute atomic E-state index is 3.90. The Hall–Kier alpha value is 1.18. The Kier molecular flexibility index (Phi) is 10.6. The fourth-order valence-electron chi connectivity index (χ4n) is 4.99. The molecule has 0 saturated carbocycles. The van der Waals surface area contributed by atoms with Gasteiger partial charge in [-0.25, -0.2) is 0 Å². The van der Waals surface area contributed by atoms with E-state index >= 15 is 0 Å². The van der Waals surface area contributed by atoms with Crippen molar-refractivity contribution >= 4 is 79.3 Å². The molecule has 0 bridgehead atoms. The minimum absolute atomic E-state index is 0.542. The van der Waals surface area contributed by atoms with E-state index in [2.05, 4.69) is 57.8 Å². The third-order valence-corrected chi connectivity index (χ3v) is 19.4. The van der Waals surface area contributed by atoms with Crippen molar-refractivity contribution in [3.05, 3.63) is 18.8 Å². The minimum atomic E-state index is -1.54. The Morgan fingerprint density at radius 2 is 1.00 bits per heavy atom. The molecule has 0 amide bonds. The van der Waals surface area contributed by atoms with Crippen LogP contribution in [0.4, 0.5) is 0 Å². The van der Waals surface area contributed by atoms with Crippen molar-refractivity contribution in [2.75, 3.05) is 0 Å². The molecule has 5 heteroatoms. The standard InChI is InChI=1S/C24H36Br2Se2Si/c1-3-5-7-9-11-13-15-29(16-14-12-10-8-6-4-2)19-17-21(25)27-23(19)24-20(29)18-22(26)28-24/h17-18H,3-16H2,1-2H3. The Balaban J connectivity index is 1.75. The summed E-state index contributed by atoms with van der Waals surface area (Å²) in [6.07, 6.45) is 17.1. The van der Waals surface area contributed by atoms with Crippen LogP contribution in [0, 0.1) is 0 Å². The molecule has 0 atom stereocenters. The molecule has 0 aromatic carbocycles. The first-order chi connectivity index (χ1) is 14.1. The molecule has 0 fully saturated rings. The van der Waals surface area contributed by atoms with Gasteiger partial charge >= 0.3 is 210 Å². The molecule has 1 aliphatic rings. The monoisotopic (exact) mass is 670 g/mol. The van der Waals surface area contributed by atoms with Gasteiger partial charge in [-0.15, -0.1) is 0 Å². The van der Waals surface area contributed by atoms with Gasteiger partial charge in [0.25, 0.3) is 0 Å². The van der Waals surface area contributed by atoms with E-state index in [0.29, 0.717) is 29.0 Å². The number of hydrogen-bond acceptors (Lipinski definition) is 0. The quantitative estimate of drug-likeness (QED) is 0.144. The second kappa shape index (κ2) is 12.4. The van der Waals surface area contributed by atoms with Gasteiger partial charge in [-0.05, 0) is 0 Å². The zero-order chi connectivity index (χ0) is 20.7. The van der Waals surface area contributed by atoms with E-state index in [1.165, 1.54) is 95.8 Å². The summed E-state index contributed by atoms with van der Waals surface area (Å²) >= 11 is 8.89. The van der Waals surface area contributed by atoms with Crippen LogP contribution in [0.2, 0.25) is 12.1 Å². The first kappa shape index (κ1) is 24.8. The third-order valence-electron chi connectivity index (χ3n) is 6.56. The Labute approximate surface area is 208 Å². The second-order valence-corrected chi connectivity index (χ2v) is 21.4. The predicted octanol–water partition coefficient (Wildman–Crippen LogP) is 7.59. The van der Waals surface area contributed by atoms with Gasteiger partial charge in [0.05, 0.1) is 0 Å². The molecule has 0 spiro atoms. The van der Waals surface area contributed by atoms with Crippen LogP contribution in [0.1, 0.15) is 90.9 Å². The van der Waals surface area contributed by atoms with Gasteiger partial charge in [-0.1, -0.05) is 0 Å². The van der Waals surface area contributed by atoms with E-state index in [0.717, 1.165) is 0 Å². The van der Waals surface area contributed by atoms with Crippen molar-refractivity contribution in [3.63, 3.8) is 0 Å². The average Bonchev–Trinajstić information content (AvgIpc) is 3.33. The van der Waals surface area contributed by atoms with E-state index in [9.17, 15) is 0 Å². The normalized spacial score (nSPS) is 14.3. The zero-order valence-corrected chi connectivity index (χ0v) is 25.7. The predicted molar refractivity (Wildman–Crippen MR) is 143 cm³/mol. The zero-order valence-electron chi connectivity index (χ0n) is 18.1. The fourth-order valence-corrected chi connectivity index (χ4v) is 20.7. The van der Waals surface area contributed by atoms with Crippen molar-refractivity contribution in [3.8, 4) is 8.87 Å². The summed E-state index contributed by atoms with van der Waals surface area (Å²) in [6.45, 7) is 4.64. The SMILES string of the molecule is CCCCCCCC[Si]1(CCCCCCCC)c2cc(Br)[se]c2-c2[se]c(Br)cc21. The first-order valence-electron chi connectivity index (χ1n) is 11.7. The van der Waals surface area contributed by atoms with E-state index < -0.39 is 8.07 Å². The summed E-state index contributed by atoms with van der Waals surface area (Å²) < 4.78 is 6.63. The molecule has 0 N–H and O–H groups in total. The molecule has 162 valence electrons. The van der Waals surface area contributed by atoms with Crippen LogP contribution >= 0.6 is 31.9 Å². The van der Waals surface area contributed by atoms with Gasteiger partial charge in [0.15, 0.2) is 0 Å². The Bertz CT molecular complexity index is 701. The van der Waals surface area contributed by atoms with Crippen molar-refractivity contribution in [1.29, 1.82) is 0 Å². The van der Waals surface area contributed by atoms with Gasteiger partial charge < -0.3 is 0 Å². The second-order valence-electron chi connectivity index (χ2n) is 8.70. The van der Waals surface area contributed by atoms with Crippen LogP contribution in [0.3, 0.4) is 0 Å². The van der Waals surface area contributed by atoms with Crippen molar-refractivity contribution in [1.82, 2.24) is 0 Å². The van der Waals surface area contributed by atoms with Crippen LogP contribution < -0.4 is 10.4 Å². The summed E-state index contributed by atoms with van der Waals surface area (Å²) in [6, 6.07) is 8.22. The van der Waals surface area contributed by atoms with Gasteiger partial charge in [0, 0.05) is 0 Å². The summed E-state index contributed by atoms with van der Waals surface area (Å²) in [5, 5.41) is 3.74. The topological polar surface area (TPSA) is 0 Å². The van der Waals surface area contributed by atoms with E-state index in [-0.39, 0.29) is 0 Å². The fraction of sp³-hybridized carbons (Fsp3) is 0.667. The average molecular weight is 670 g/mol. The number of hydrogen-bond donors (Lipinski definition) is 0. The molecule has 0 saturated heterocycles. The van der Waals surface area contributed by atoms with Crippen LogP contribution in [0.25, 0.3) is 8.87 Å². The third kappa shape index (κ3) is 6.15. The van der Waals surface area contributed by atoms with Crippen LogP contribution in [-0.4, -0.2) is 37.1 Å². The molecule has 3 rings (SSSR count). The van der Waals surface area contributed by atoms with Crippen LogP contribution in [0.15, 0.2) is 18.8 Å². The van der Waals surface area contributed by atoms with Crippen LogP contribution in [-0.2, 0) is 0 Å². The van der Waals surface area contributed by atoms with Crippen molar-refractivity contribution in [2.24, 2.45) is 0 Å². The number of halogens is 2. The molecule has 3 heterocycles. The van der Waals surface area contributed by atoms with E-state index in [1.807, 2.05) is 19.2 Å². The maximum atomic E-state index is 3.90. The van der Waals surface area contributed by atoms with E-state index in [1.54, 1.807) is 0 Å². The molecule has 0 radical (unpaired) electrons. The molecule has 0 nitrogen and oxygen atoms in total. The van der Waals surface area contributed by atoms with Gasteiger partial charge in [-0.3, -0.25) is 0 Å². The molecule has 29 heavy (non-hydrogen) atoms. The van der Waals surface area contributed by atoms with Crippen molar-refractivity contribution < 1.29 is 0 Å². The first-order valence-corrected chi connectivity index (χ1v) is 19.1. The van der Waals surface area contributed by atoms with Gasteiger partial charge in [-0.2, -0.15) is 0 Å². The summed E-state index contributed by atoms with van der Waals surface area (Å²) in [4.78, 5) is 0. The van der Waals surface area contributed by atoms with E-state index in [4.69, 9.17) is 0 Å². The Morgan fingerprint density at radius 3 is 1.41 bits per heavy atom. The molecule has 2 aromatic rings. The van der Waals surface area contributed by atoms with Crippen LogP contribution in [0.5, 0.6) is 0 Å².